The number of aromatic nitrogens is 1. The monoisotopic (exact) mass is 272 g/mol. The summed E-state index contributed by atoms with van der Waals surface area (Å²) in [6.07, 6.45) is 0.456. The molecule has 2 rings (SSSR count). The van der Waals surface area contributed by atoms with Gasteiger partial charge in [0.05, 0.1) is 0 Å². The molecule has 2 unspecified atom stereocenters. The van der Waals surface area contributed by atoms with Crippen molar-refractivity contribution >= 4 is 5.82 Å². The van der Waals surface area contributed by atoms with E-state index in [2.05, 4.69) is 17.2 Å². The van der Waals surface area contributed by atoms with E-state index in [4.69, 9.17) is 0 Å². The van der Waals surface area contributed by atoms with Crippen LogP contribution in [0.25, 0.3) is 0 Å². The second-order valence-electron chi connectivity index (χ2n) is 5.31. The molecule has 0 amide bonds. The fourth-order valence-corrected chi connectivity index (χ4v) is 2.62. The Bertz CT molecular complexity index is 417. The van der Waals surface area contributed by atoms with Crippen molar-refractivity contribution in [2.75, 3.05) is 11.9 Å². The number of hydrogen-bond acceptors (Lipinski definition) is 2. The Hall–Kier alpha value is -1.26. The molecule has 0 radical (unpaired) electrons. The van der Waals surface area contributed by atoms with Crippen LogP contribution in [0.5, 0.6) is 0 Å². The van der Waals surface area contributed by atoms with Crippen molar-refractivity contribution in [1.29, 1.82) is 0 Å². The minimum absolute atomic E-state index is 0.313. The highest BCUT2D eigenvalue weighted by atomic mass is 19.4. The zero-order chi connectivity index (χ0) is 13.9. The van der Waals surface area contributed by atoms with Gasteiger partial charge >= 0.3 is 6.18 Å². The third-order valence-electron chi connectivity index (χ3n) is 3.87. The highest BCUT2D eigenvalue weighted by Gasteiger charge is 2.32. The van der Waals surface area contributed by atoms with Gasteiger partial charge in [0.2, 0.25) is 0 Å². The van der Waals surface area contributed by atoms with Crippen LogP contribution in [0.15, 0.2) is 18.2 Å². The maximum Gasteiger partial charge on any atom is 0.433 e. The van der Waals surface area contributed by atoms with Crippen LogP contribution in [-0.2, 0) is 6.18 Å². The van der Waals surface area contributed by atoms with Gasteiger partial charge in [-0.05, 0) is 30.4 Å². The topological polar surface area (TPSA) is 24.9 Å². The standard InChI is InChI=1S/C14H19F3N2/c1-10-5-2-3-6-11(10)9-18-13-8-4-7-12(19-13)14(15,16)17/h4,7-8,10-11H,2-3,5-6,9H2,1H3,(H,18,19). The number of anilines is 1. The minimum atomic E-state index is -4.38. The molecule has 1 aromatic rings. The van der Waals surface area contributed by atoms with E-state index in [1.807, 2.05) is 0 Å². The van der Waals surface area contributed by atoms with Gasteiger partial charge in [-0.3, -0.25) is 0 Å². The average Bonchev–Trinajstić information content (AvgIpc) is 2.37. The van der Waals surface area contributed by atoms with Crippen LogP contribution >= 0.6 is 0 Å². The maximum atomic E-state index is 12.5. The molecule has 1 fully saturated rings. The Morgan fingerprint density at radius 2 is 2.00 bits per heavy atom. The van der Waals surface area contributed by atoms with Gasteiger partial charge in [-0.15, -0.1) is 0 Å². The molecular weight excluding hydrogens is 253 g/mol. The fourth-order valence-electron chi connectivity index (χ4n) is 2.62. The van der Waals surface area contributed by atoms with Crippen molar-refractivity contribution < 1.29 is 13.2 Å². The first-order chi connectivity index (χ1) is 8.97. The highest BCUT2D eigenvalue weighted by Crippen LogP contribution is 2.30. The van der Waals surface area contributed by atoms with E-state index in [0.717, 1.165) is 12.5 Å². The van der Waals surface area contributed by atoms with E-state index in [-0.39, 0.29) is 0 Å². The third kappa shape index (κ3) is 3.85. The quantitative estimate of drug-likeness (QED) is 0.885. The van der Waals surface area contributed by atoms with Gasteiger partial charge in [0, 0.05) is 6.54 Å². The van der Waals surface area contributed by atoms with Gasteiger partial charge in [-0.25, -0.2) is 4.98 Å². The predicted molar refractivity (Wildman–Crippen MR) is 68.9 cm³/mol. The molecule has 106 valence electrons. The van der Waals surface area contributed by atoms with Crippen LogP contribution in [0.4, 0.5) is 19.0 Å². The van der Waals surface area contributed by atoms with E-state index in [9.17, 15) is 13.2 Å². The number of alkyl halides is 3. The van der Waals surface area contributed by atoms with E-state index in [1.165, 1.54) is 25.3 Å². The molecule has 19 heavy (non-hydrogen) atoms. The van der Waals surface area contributed by atoms with Gasteiger partial charge in [-0.1, -0.05) is 32.3 Å². The SMILES string of the molecule is CC1CCCCC1CNc1cccc(C(F)(F)F)n1. The van der Waals surface area contributed by atoms with Crippen molar-refractivity contribution in [1.82, 2.24) is 4.98 Å². The molecule has 2 nitrogen and oxygen atoms in total. The first kappa shape index (κ1) is 14.2. The molecule has 1 aromatic heterocycles. The lowest BCUT2D eigenvalue weighted by molar-refractivity contribution is -0.141. The van der Waals surface area contributed by atoms with Crippen LogP contribution in [0.2, 0.25) is 0 Å². The molecule has 5 heteroatoms. The summed E-state index contributed by atoms with van der Waals surface area (Å²) >= 11 is 0. The summed E-state index contributed by atoms with van der Waals surface area (Å²) in [7, 11) is 0. The fraction of sp³-hybridized carbons (Fsp3) is 0.643. The van der Waals surface area contributed by atoms with E-state index < -0.39 is 11.9 Å². The molecule has 0 aliphatic heterocycles. The summed E-state index contributed by atoms with van der Waals surface area (Å²) < 4.78 is 37.6. The maximum absolute atomic E-state index is 12.5. The van der Waals surface area contributed by atoms with Crippen molar-refractivity contribution in [3.63, 3.8) is 0 Å². The lowest BCUT2D eigenvalue weighted by Crippen LogP contribution is -2.24. The largest absolute Gasteiger partial charge is 0.433 e. The summed E-state index contributed by atoms with van der Waals surface area (Å²) in [5.41, 5.74) is -0.839. The van der Waals surface area contributed by atoms with Crippen molar-refractivity contribution in [2.45, 2.75) is 38.8 Å². The molecule has 0 aromatic carbocycles. The van der Waals surface area contributed by atoms with Gasteiger partial charge in [0.1, 0.15) is 11.5 Å². The van der Waals surface area contributed by atoms with Crippen LogP contribution in [-0.4, -0.2) is 11.5 Å². The Morgan fingerprint density at radius 1 is 1.26 bits per heavy atom. The third-order valence-corrected chi connectivity index (χ3v) is 3.87. The van der Waals surface area contributed by atoms with Crippen LogP contribution < -0.4 is 5.32 Å². The zero-order valence-electron chi connectivity index (χ0n) is 11.0. The smallest absolute Gasteiger partial charge is 0.370 e. The second kappa shape index (κ2) is 5.80. The van der Waals surface area contributed by atoms with E-state index >= 15 is 0 Å². The molecule has 0 spiro atoms. The minimum Gasteiger partial charge on any atom is -0.370 e. The summed E-state index contributed by atoms with van der Waals surface area (Å²) in [6, 6.07) is 3.97. The Kier molecular flexibility index (Phi) is 4.32. The van der Waals surface area contributed by atoms with Gasteiger partial charge < -0.3 is 5.32 Å². The first-order valence-electron chi connectivity index (χ1n) is 6.75. The molecule has 1 saturated carbocycles. The van der Waals surface area contributed by atoms with Gasteiger partial charge in [0.25, 0.3) is 0 Å². The van der Waals surface area contributed by atoms with Crippen LogP contribution in [0.1, 0.15) is 38.3 Å². The molecule has 1 aliphatic carbocycles. The van der Waals surface area contributed by atoms with Crippen LogP contribution in [0.3, 0.4) is 0 Å². The van der Waals surface area contributed by atoms with Gasteiger partial charge in [0.15, 0.2) is 0 Å². The lowest BCUT2D eigenvalue weighted by Gasteiger charge is -2.29. The number of nitrogens with zero attached hydrogens (tertiary/aromatic N) is 1. The number of rotatable bonds is 3. The van der Waals surface area contributed by atoms with Crippen molar-refractivity contribution in [3.05, 3.63) is 23.9 Å². The van der Waals surface area contributed by atoms with E-state index in [0.29, 0.717) is 24.2 Å². The number of nitrogens with one attached hydrogen (secondary N) is 1. The van der Waals surface area contributed by atoms with Gasteiger partial charge in [-0.2, -0.15) is 13.2 Å². The summed E-state index contributed by atoms with van der Waals surface area (Å²) in [5.74, 6) is 1.48. The molecule has 0 bridgehead atoms. The molecule has 2 atom stereocenters. The van der Waals surface area contributed by atoms with Crippen molar-refractivity contribution in [3.8, 4) is 0 Å². The number of pyridine rings is 1. The summed E-state index contributed by atoms with van der Waals surface area (Å²) in [6.45, 7) is 2.92. The molecular formula is C14H19F3N2. The second-order valence-corrected chi connectivity index (χ2v) is 5.31. The van der Waals surface area contributed by atoms with Crippen LogP contribution in [0, 0.1) is 11.8 Å². The van der Waals surface area contributed by atoms with E-state index in [1.54, 1.807) is 6.07 Å². The summed E-state index contributed by atoms with van der Waals surface area (Å²) in [5, 5.41) is 3.05. The molecule has 1 heterocycles. The molecule has 1 N–H and O–H groups in total. The lowest BCUT2D eigenvalue weighted by atomic mass is 9.80. The Labute approximate surface area is 111 Å². The highest BCUT2D eigenvalue weighted by molar-refractivity contribution is 5.36. The molecule has 0 saturated heterocycles. The summed E-state index contributed by atoms with van der Waals surface area (Å²) in [4.78, 5) is 3.62. The Morgan fingerprint density at radius 3 is 2.68 bits per heavy atom. The first-order valence-corrected chi connectivity index (χ1v) is 6.75. The van der Waals surface area contributed by atoms with Crippen molar-refractivity contribution in [2.24, 2.45) is 11.8 Å². The Balaban J connectivity index is 1.96. The predicted octanol–water partition coefficient (Wildman–Crippen LogP) is 4.34. The number of hydrogen-bond donors (Lipinski definition) is 1. The average molecular weight is 272 g/mol. The molecule has 1 aliphatic rings. The normalized spacial score (nSPS) is 24.2. The number of halogens is 3. The zero-order valence-corrected chi connectivity index (χ0v) is 11.0.